The van der Waals surface area contributed by atoms with Gasteiger partial charge in [0.25, 0.3) is 0 Å². The van der Waals surface area contributed by atoms with E-state index in [1.54, 1.807) is 7.05 Å². The third-order valence-corrected chi connectivity index (χ3v) is 3.49. The van der Waals surface area contributed by atoms with E-state index in [4.69, 9.17) is 0 Å². The molecule has 1 aromatic rings. The van der Waals surface area contributed by atoms with Gasteiger partial charge in [-0.3, -0.25) is 4.98 Å². The van der Waals surface area contributed by atoms with E-state index in [1.165, 1.54) is 17.2 Å². The number of halogens is 1. The Hall–Kier alpha value is -1.69. The number of hydrogen-bond acceptors (Lipinski definition) is 3. The van der Waals surface area contributed by atoms with Gasteiger partial charge in [-0.15, -0.1) is 0 Å². The lowest BCUT2D eigenvalue weighted by atomic mass is 10.1. The maximum Gasteiger partial charge on any atom is 0.321 e. The lowest BCUT2D eigenvalue weighted by Gasteiger charge is -2.23. The first-order valence-corrected chi connectivity index (χ1v) is 6.37. The van der Waals surface area contributed by atoms with Gasteiger partial charge in [-0.05, 0) is 18.9 Å². The topological polar surface area (TPSA) is 65.5 Å². The van der Waals surface area contributed by atoms with Gasteiger partial charge in [0, 0.05) is 25.7 Å². The van der Waals surface area contributed by atoms with Crippen LogP contribution in [0.3, 0.4) is 0 Å². The number of nitrogens with one attached hydrogen (secondary N) is 1. The summed E-state index contributed by atoms with van der Waals surface area (Å²) in [5.41, 5.74) is 0.110. The molecule has 2 amide bonds. The van der Waals surface area contributed by atoms with Crippen LogP contribution in [-0.2, 0) is 0 Å². The molecule has 0 unspecified atom stereocenters. The Balaban J connectivity index is 1.91. The molecular weight excluding hydrogens is 249 g/mol. The number of amides is 2. The summed E-state index contributed by atoms with van der Waals surface area (Å²) < 4.78 is 13.3. The Bertz CT molecular complexity index is 455. The number of aliphatic hydroxyl groups excluding tert-OH is 1. The molecular formula is C13H18FN3O2. The Morgan fingerprint density at radius 2 is 2.42 bits per heavy atom. The molecule has 0 saturated heterocycles. The molecule has 1 saturated carbocycles. The molecule has 0 spiro atoms. The molecule has 104 valence electrons. The number of aromatic nitrogens is 1. The molecule has 0 aromatic carbocycles. The lowest BCUT2D eigenvalue weighted by molar-refractivity contribution is 0.116. The number of nitrogens with zero attached hydrogens (tertiary/aromatic N) is 2. The second kappa shape index (κ2) is 5.97. The minimum atomic E-state index is -0.565. The van der Waals surface area contributed by atoms with Crippen molar-refractivity contribution in [1.82, 2.24) is 9.88 Å². The van der Waals surface area contributed by atoms with Gasteiger partial charge >= 0.3 is 6.03 Å². The molecule has 19 heavy (non-hydrogen) atoms. The molecule has 1 aliphatic carbocycles. The Labute approximate surface area is 111 Å². The minimum Gasteiger partial charge on any atom is -0.393 e. The molecule has 2 N–H and O–H groups in total. The van der Waals surface area contributed by atoms with Crippen LogP contribution in [-0.4, -0.2) is 40.7 Å². The van der Waals surface area contributed by atoms with E-state index >= 15 is 0 Å². The van der Waals surface area contributed by atoms with Gasteiger partial charge in [-0.25, -0.2) is 9.18 Å². The molecule has 1 fully saturated rings. The summed E-state index contributed by atoms with van der Waals surface area (Å²) in [7, 11) is 1.64. The van der Waals surface area contributed by atoms with Gasteiger partial charge in [0.1, 0.15) is 0 Å². The van der Waals surface area contributed by atoms with E-state index in [0.717, 1.165) is 25.5 Å². The largest absolute Gasteiger partial charge is 0.393 e. The van der Waals surface area contributed by atoms with Crippen LogP contribution in [0.5, 0.6) is 0 Å². The number of pyridine rings is 1. The number of aliphatic hydroxyl groups is 1. The lowest BCUT2D eigenvalue weighted by Crippen LogP contribution is -2.37. The van der Waals surface area contributed by atoms with Crippen molar-refractivity contribution in [3.8, 4) is 0 Å². The second-order valence-corrected chi connectivity index (χ2v) is 4.92. The standard InChI is InChI=1S/C13H18FN3O2/c1-17(8-9-3-2-4-12(9)18)13(19)16-11-5-6-15-7-10(11)14/h5-7,9,12,18H,2-4,8H2,1H3,(H,15,16,19)/t9-,12-/m1/s1. The Morgan fingerprint density at radius 3 is 3.05 bits per heavy atom. The summed E-state index contributed by atoms with van der Waals surface area (Å²) in [5, 5.41) is 12.2. The highest BCUT2D eigenvalue weighted by Crippen LogP contribution is 2.26. The van der Waals surface area contributed by atoms with Crippen LogP contribution in [0, 0.1) is 11.7 Å². The zero-order chi connectivity index (χ0) is 13.8. The second-order valence-electron chi connectivity index (χ2n) is 4.92. The van der Waals surface area contributed by atoms with E-state index in [9.17, 15) is 14.3 Å². The quantitative estimate of drug-likeness (QED) is 0.878. The summed E-state index contributed by atoms with van der Waals surface area (Å²) in [6.45, 7) is 0.472. The van der Waals surface area contributed by atoms with E-state index in [1.807, 2.05) is 0 Å². The van der Waals surface area contributed by atoms with Gasteiger partial charge in [-0.2, -0.15) is 0 Å². The van der Waals surface area contributed by atoms with E-state index in [2.05, 4.69) is 10.3 Å². The monoisotopic (exact) mass is 267 g/mol. The van der Waals surface area contributed by atoms with Crippen molar-refractivity contribution in [1.29, 1.82) is 0 Å². The van der Waals surface area contributed by atoms with Crippen molar-refractivity contribution in [3.05, 3.63) is 24.3 Å². The average Bonchev–Trinajstić information content (AvgIpc) is 2.78. The summed E-state index contributed by atoms with van der Waals surface area (Å²) >= 11 is 0. The molecule has 0 radical (unpaired) electrons. The maximum atomic E-state index is 13.3. The van der Waals surface area contributed by atoms with Crippen molar-refractivity contribution in [2.75, 3.05) is 18.9 Å². The molecule has 5 nitrogen and oxygen atoms in total. The van der Waals surface area contributed by atoms with Crippen molar-refractivity contribution < 1.29 is 14.3 Å². The highest BCUT2D eigenvalue weighted by molar-refractivity contribution is 5.89. The van der Waals surface area contributed by atoms with Gasteiger partial charge in [-0.1, -0.05) is 6.42 Å². The van der Waals surface area contributed by atoms with Crippen molar-refractivity contribution in [2.24, 2.45) is 5.92 Å². The van der Waals surface area contributed by atoms with E-state index in [-0.39, 0.29) is 23.7 Å². The molecule has 0 bridgehead atoms. The molecule has 2 atom stereocenters. The smallest absolute Gasteiger partial charge is 0.321 e. The first kappa shape index (κ1) is 13.7. The van der Waals surface area contributed by atoms with Crippen LogP contribution in [0.4, 0.5) is 14.9 Å². The fraction of sp³-hybridized carbons (Fsp3) is 0.538. The Morgan fingerprint density at radius 1 is 1.63 bits per heavy atom. The Kier molecular flexibility index (Phi) is 4.31. The minimum absolute atomic E-state index is 0.109. The SMILES string of the molecule is CN(C[C@H]1CCC[C@H]1O)C(=O)Nc1ccncc1F. The average molecular weight is 267 g/mol. The molecule has 6 heteroatoms. The third kappa shape index (κ3) is 3.41. The fourth-order valence-electron chi connectivity index (χ4n) is 2.35. The van der Waals surface area contributed by atoms with Gasteiger partial charge in [0.15, 0.2) is 5.82 Å². The van der Waals surface area contributed by atoms with Crippen LogP contribution in [0.1, 0.15) is 19.3 Å². The molecule has 1 aliphatic rings. The number of rotatable bonds is 3. The fourth-order valence-corrected chi connectivity index (χ4v) is 2.35. The summed E-state index contributed by atoms with van der Waals surface area (Å²) in [6, 6.07) is 1.02. The predicted molar refractivity (Wildman–Crippen MR) is 69.2 cm³/mol. The zero-order valence-corrected chi connectivity index (χ0v) is 10.8. The van der Waals surface area contributed by atoms with Crippen LogP contribution >= 0.6 is 0 Å². The van der Waals surface area contributed by atoms with Crippen LogP contribution in [0.15, 0.2) is 18.5 Å². The number of carbonyl (C=O) groups excluding carboxylic acids is 1. The van der Waals surface area contributed by atoms with Gasteiger partial charge in [0.2, 0.25) is 0 Å². The highest BCUT2D eigenvalue weighted by Gasteiger charge is 2.27. The number of urea groups is 1. The summed E-state index contributed by atoms with van der Waals surface area (Å²) in [6.07, 6.45) is 4.82. The van der Waals surface area contributed by atoms with Crippen molar-refractivity contribution >= 4 is 11.7 Å². The van der Waals surface area contributed by atoms with Crippen molar-refractivity contribution in [2.45, 2.75) is 25.4 Å². The van der Waals surface area contributed by atoms with Crippen LogP contribution in [0.25, 0.3) is 0 Å². The maximum absolute atomic E-state index is 13.3. The first-order chi connectivity index (χ1) is 9.08. The molecule has 1 heterocycles. The summed E-state index contributed by atoms with van der Waals surface area (Å²) in [4.78, 5) is 17.0. The number of hydrogen-bond donors (Lipinski definition) is 2. The normalized spacial score (nSPS) is 22.3. The predicted octanol–water partition coefficient (Wildman–Crippen LogP) is 1.85. The van der Waals surface area contributed by atoms with E-state index in [0.29, 0.717) is 6.54 Å². The van der Waals surface area contributed by atoms with E-state index < -0.39 is 5.82 Å². The molecule has 1 aromatic heterocycles. The zero-order valence-electron chi connectivity index (χ0n) is 10.8. The highest BCUT2D eigenvalue weighted by atomic mass is 19.1. The summed E-state index contributed by atoms with van der Waals surface area (Å²) in [5.74, 6) is -0.455. The molecule has 0 aliphatic heterocycles. The van der Waals surface area contributed by atoms with Crippen molar-refractivity contribution in [3.63, 3.8) is 0 Å². The number of carbonyl (C=O) groups is 1. The number of anilines is 1. The third-order valence-electron chi connectivity index (χ3n) is 3.49. The van der Waals surface area contributed by atoms with Crippen LogP contribution in [0.2, 0.25) is 0 Å². The van der Waals surface area contributed by atoms with Gasteiger partial charge in [0.05, 0.1) is 18.0 Å². The first-order valence-electron chi connectivity index (χ1n) is 6.37. The van der Waals surface area contributed by atoms with Crippen LogP contribution < -0.4 is 5.32 Å². The van der Waals surface area contributed by atoms with Gasteiger partial charge < -0.3 is 15.3 Å². The molecule has 2 rings (SSSR count).